The van der Waals surface area contributed by atoms with E-state index in [9.17, 15) is 0 Å². The van der Waals surface area contributed by atoms with Crippen molar-refractivity contribution in [2.24, 2.45) is 11.7 Å². The minimum atomic E-state index is 0.129. The first-order valence-electron chi connectivity index (χ1n) is 7.41. The summed E-state index contributed by atoms with van der Waals surface area (Å²) in [6, 6.07) is 8.45. The summed E-state index contributed by atoms with van der Waals surface area (Å²) in [6.45, 7) is 4.36. The lowest BCUT2D eigenvalue weighted by molar-refractivity contribution is 0.0983. The molecule has 1 heterocycles. The van der Waals surface area contributed by atoms with Gasteiger partial charge in [0.05, 0.1) is 0 Å². The molecule has 0 radical (unpaired) electrons. The van der Waals surface area contributed by atoms with Crippen LogP contribution in [0.15, 0.2) is 28.7 Å². The molecule has 0 amide bonds. The second-order valence-corrected chi connectivity index (χ2v) is 6.61. The van der Waals surface area contributed by atoms with Gasteiger partial charge in [-0.25, -0.2) is 0 Å². The number of hydrogen-bond donors (Lipinski definition) is 1. The van der Waals surface area contributed by atoms with Gasteiger partial charge in [-0.05, 0) is 62.5 Å². The molecule has 0 bridgehead atoms. The van der Waals surface area contributed by atoms with E-state index in [0.29, 0.717) is 0 Å². The van der Waals surface area contributed by atoms with E-state index in [0.717, 1.165) is 30.0 Å². The maximum absolute atomic E-state index is 6.29. The zero-order valence-electron chi connectivity index (χ0n) is 12.2. The average molecular weight is 341 g/mol. The van der Waals surface area contributed by atoms with E-state index in [2.05, 4.69) is 39.0 Å². The Kier molecular flexibility index (Phi) is 6.49. The SMILES string of the molecule is COCC1CCN(CCC(N)c2cccc(Br)c2)CC1. The predicted octanol–water partition coefficient (Wildman–Crippen LogP) is 3.20. The maximum Gasteiger partial charge on any atom is 0.0491 e. The van der Waals surface area contributed by atoms with Crippen LogP contribution in [0.2, 0.25) is 0 Å². The molecular formula is C16H25BrN2O. The van der Waals surface area contributed by atoms with Crippen LogP contribution in [0, 0.1) is 5.92 Å². The van der Waals surface area contributed by atoms with Gasteiger partial charge in [-0.2, -0.15) is 0 Å². The number of ether oxygens (including phenoxy) is 1. The van der Waals surface area contributed by atoms with Crippen molar-refractivity contribution in [2.75, 3.05) is 33.4 Å². The molecule has 1 aliphatic heterocycles. The van der Waals surface area contributed by atoms with Crippen LogP contribution in [0.3, 0.4) is 0 Å². The van der Waals surface area contributed by atoms with Crippen molar-refractivity contribution < 1.29 is 4.74 Å². The normalized spacial score (nSPS) is 19.1. The van der Waals surface area contributed by atoms with Crippen molar-refractivity contribution >= 4 is 15.9 Å². The molecule has 0 aliphatic carbocycles. The highest BCUT2D eigenvalue weighted by molar-refractivity contribution is 9.10. The van der Waals surface area contributed by atoms with Gasteiger partial charge in [-0.15, -0.1) is 0 Å². The lowest BCUT2D eigenvalue weighted by atomic mass is 9.97. The Morgan fingerprint density at radius 1 is 1.40 bits per heavy atom. The van der Waals surface area contributed by atoms with Crippen LogP contribution in [-0.4, -0.2) is 38.3 Å². The third-order valence-corrected chi connectivity index (χ3v) is 4.64. The van der Waals surface area contributed by atoms with Crippen molar-refractivity contribution in [3.63, 3.8) is 0 Å². The second kappa shape index (κ2) is 8.13. The van der Waals surface area contributed by atoms with Crippen molar-refractivity contribution in [1.82, 2.24) is 4.90 Å². The molecule has 1 fully saturated rings. The monoisotopic (exact) mass is 340 g/mol. The van der Waals surface area contributed by atoms with Crippen molar-refractivity contribution in [3.8, 4) is 0 Å². The molecule has 1 saturated heterocycles. The maximum atomic E-state index is 6.29. The first-order chi connectivity index (χ1) is 9.69. The van der Waals surface area contributed by atoms with Crippen LogP contribution >= 0.6 is 15.9 Å². The fraction of sp³-hybridized carbons (Fsp3) is 0.625. The Labute approximate surface area is 130 Å². The summed E-state index contributed by atoms with van der Waals surface area (Å²) in [4.78, 5) is 2.53. The quantitative estimate of drug-likeness (QED) is 0.864. The number of nitrogens with zero attached hydrogens (tertiary/aromatic N) is 1. The van der Waals surface area contributed by atoms with Gasteiger partial charge in [-0.1, -0.05) is 28.1 Å². The van der Waals surface area contributed by atoms with Gasteiger partial charge < -0.3 is 15.4 Å². The third-order valence-electron chi connectivity index (χ3n) is 4.14. The van der Waals surface area contributed by atoms with E-state index >= 15 is 0 Å². The lowest BCUT2D eigenvalue weighted by Gasteiger charge is -2.32. The largest absolute Gasteiger partial charge is 0.384 e. The topological polar surface area (TPSA) is 38.5 Å². The van der Waals surface area contributed by atoms with E-state index in [1.54, 1.807) is 7.11 Å². The van der Waals surface area contributed by atoms with Crippen LogP contribution in [0.25, 0.3) is 0 Å². The Bertz CT molecular complexity index is 405. The van der Waals surface area contributed by atoms with Crippen molar-refractivity contribution in [1.29, 1.82) is 0 Å². The van der Waals surface area contributed by atoms with Gasteiger partial charge in [0.25, 0.3) is 0 Å². The Morgan fingerprint density at radius 2 is 2.15 bits per heavy atom. The summed E-state index contributed by atoms with van der Waals surface area (Å²) in [6.07, 6.45) is 3.52. The second-order valence-electron chi connectivity index (χ2n) is 5.69. The summed E-state index contributed by atoms with van der Waals surface area (Å²) in [5.74, 6) is 0.745. The van der Waals surface area contributed by atoms with Gasteiger partial charge in [-0.3, -0.25) is 0 Å². The minimum Gasteiger partial charge on any atom is -0.384 e. The molecule has 1 unspecified atom stereocenters. The van der Waals surface area contributed by atoms with E-state index in [-0.39, 0.29) is 6.04 Å². The summed E-state index contributed by atoms with van der Waals surface area (Å²) in [5, 5.41) is 0. The van der Waals surface area contributed by atoms with Crippen LogP contribution in [-0.2, 0) is 4.74 Å². The van der Waals surface area contributed by atoms with Gasteiger partial charge in [0.2, 0.25) is 0 Å². The molecular weight excluding hydrogens is 316 g/mol. The van der Waals surface area contributed by atoms with Crippen LogP contribution in [0.5, 0.6) is 0 Å². The number of methoxy groups -OCH3 is 1. The molecule has 2 rings (SSSR count). The molecule has 1 aliphatic rings. The molecule has 1 atom stereocenters. The number of rotatable bonds is 6. The Morgan fingerprint density at radius 3 is 2.80 bits per heavy atom. The number of halogens is 1. The molecule has 20 heavy (non-hydrogen) atoms. The van der Waals surface area contributed by atoms with Gasteiger partial charge in [0, 0.05) is 24.2 Å². The van der Waals surface area contributed by atoms with Crippen LogP contribution < -0.4 is 5.73 Å². The molecule has 0 saturated carbocycles. The number of nitrogens with two attached hydrogens (primary N) is 1. The molecule has 1 aromatic rings. The summed E-state index contributed by atoms with van der Waals surface area (Å²) >= 11 is 3.50. The fourth-order valence-electron chi connectivity index (χ4n) is 2.84. The number of benzene rings is 1. The molecule has 2 N–H and O–H groups in total. The van der Waals surface area contributed by atoms with E-state index in [4.69, 9.17) is 10.5 Å². The highest BCUT2D eigenvalue weighted by Gasteiger charge is 2.19. The molecule has 4 heteroatoms. The van der Waals surface area contributed by atoms with Crippen LogP contribution in [0.1, 0.15) is 30.9 Å². The van der Waals surface area contributed by atoms with Gasteiger partial charge in [0.1, 0.15) is 0 Å². The van der Waals surface area contributed by atoms with Gasteiger partial charge in [0.15, 0.2) is 0 Å². The standard InChI is InChI=1S/C16H25BrN2O/c1-20-12-13-5-8-19(9-6-13)10-7-16(18)14-3-2-4-15(17)11-14/h2-4,11,13,16H,5-10,12,18H2,1H3. The zero-order valence-corrected chi connectivity index (χ0v) is 13.8. The van der Waals surface area contributed by atoms with Crippen LogP contribution in [0.4, 0.5) is 0 Å². The summed E-state index contributed by atoms with van der Waals surface area (Å²) < 4.78 is 6.34. The summed E-state index contributed by atoms with van der Waals surface area (Å²) in [7, 11) is 1.80. The first kappa shape index (κ1) is 16.0. The smallest absolute Gasteiger partial charge is 0.0491 e. The molecule has 3 nitrogen and oxygen atoms in total. The predicted molar refractivity (Wildman–Crippen MR) is 86.7 cm³/mol. The zero-order chi connectivity index (χ0) is 14.4. The Hall–Kier alpha value is -0.420. The lowest BCUT2D eigenvalue weighted by Crippen LogP contribution is -2.36. The fourth-order valence-corrected chi connectivity index (χ4v) is 3.25. The molecule has 0 aromatic heterocycles. The van der Waals surface area contributed by atoms with E-state index in [1.165, 1.54) is 31.5 Å². The third kappa shape index (κ3) is 4.85. The van der Waals surface area contributed by atoms with Crippen molar-refractivity contribution in [2.45, 2.75) is 25.3 Å². The highest BCUT2D eigenvalue weighted by atomic mass is 79.9. The van der Waals surface area contributed by atoms with Gasteiger partial charge >= 0.3 is 0 Å². The molecule has 112 valence electrons. The highest BCUT2D eigenvalue weighted by Crippen LogP contribution is 2.21. The number of piperidine rings is 1. The minimum absolute atomic E-state index is 0.129. The summed E-state index contributed by atoms with van der Waals surface area (Å²) in [5.41, 5.74) is 7.50. The van der Waals surface area contributed by atoms with E-state index in [1.807, 2.05) is 6.07 Å². The van der Waals surface area contributed by atoms with Crippen molar-refractivity contribution in [3.05, 3.63) is 34.3 Å². The first-order valence-corrected chi connectivity index (χ1v) is 8.20. The Balaban J connectivity index is 1.73. The average Bonchev–Trinajstić information content (AvgIpc) is 2.46. The number of likely N-dealkylation sites (tertiary alicyclic amines) is 1. The van der Waals surface area contributed by atoms with E-state index < -0.39 is 0 Å². The molecule has 1 aromatic carbocycles. The molecule has 0 spiro atoms. The number of hydrogen-bond acceptors (Lipinski definition) is 3.